The Kier molecular flexibility index (Phi) is 21.9. The average Bonchev–Trinajstić information content (AvgIpc) is 1.68. The van der Waals surface area contributed by atoms with Gasteiger partial charge in [-0.1, -0.05) is 77.5 Å². The number of likely N-dealkylation sites (N-methyl/N-ethyl adjacent to an activating group) is 2. The molecule has 1 aliphatic heterocycles. The molecule has 0 aliphatic carbocycles. The second-order valence-corrected chi connectivity index (χ2v) is 25.4. The number of carbonyl (C=O) groups excluding carboxylic acids is 3. The first-order valence-corrected chi connectivity index (χ1v) is 33.4. The van der Waals surface area contributed by atoms with E-state index in [2.05, 4.69) is 121 Å². The molecule has 0 saturated heterocycles. The lowest BCUT2D eigenvalue weighted by molar-refractivity contribution is 0.0322. The Morgan fingerprint density at radius 2 is 1.05 bits per heavy atom. The maximum absolute atomic E-state index is 13.0. The Morgan fingerprint density at radius 3 is 1.68 bits per heavy atom. The highest BCUT2D eigenvalue weighted by molar-refractivity contribution is 6.07. The summed E-state index contributed by atoms with van der Waals surface area (Å²) in [5.41, 5.74) is 19.9. The van der Waals surface area contributed by atoms with E-state index in [-0.39, 0.29) is 17.7 Å². The van der Waals surface area contributed by atoms with Crippen LogP contribution in [0.3, 0.4) is 0 Å². The van der Waals surface area contributed by atoms with E-state index in [0.717, 1.165) is 144 Å². The van der Waals surface area contributed by atoms with Gasteiger partial charge in [-0.05, 0) is 191 Å². The third kappa shape index (κ3) is 17.8. The van der Waals surface area contributed by atoms with Gasteiger partial charge in [0.05, 0.1) is 83.7 Å². The highest BCUT2D eigenvalue weighted by Gasteiger charge is 2.20. The largest absolute Gasteiger partial charge is 0.494 e. The number of H-pyrrole nitrogens is 3. The average molecular weight is 1330 g/mol. The van der Waals surface area contributed by atoms with E-state index in [9.17, 15) is 14.4 Å². The minimum Gasteiger partial charge on any atom is -0.494 e. The van der Waals surface area contributed by atoms with E-state index in [1.54, 1.807) is 16.6 Å². The molecule has 506 valence electrons. The third-order valence-electron chi connectivity index (χ3n) is 17.1. The Morgan fingerprint density at radius 1 is 0.515 bits per heavy atom. The van der Waals surface area contributed by atoms with E-state index >= 15 is 0 Å². The number of aliphatic imine (C=N–C) groups is 1. The van der Waals surface area contributed by atoms with Gasteiger partial charge in [0.25, 0.3) is 17.7 Å². The maximum Gasteiger partial charge on any atom is 0.253 e. The van der Waals surface area contributed by atoms with Crippen molar-refractivity contribution in [2.45, 2.75) is 46.3 Å². The zero-order valence-electron chi connectivity index (χ0n) is 57.1. The van der Waals surface area contributed by atoms with Gasteiger partial charge < -0.3 is 54.5 Å². The predicted molar refractivity (Wildman–Crippen MR) is 390 cm³/mol. The molecule has 99 heavy (non-hydrogen) atoms. The summed E-state index contributed by atoms with van der Waals surface area (Å²) in [5, 5.41) is 14.3. The number of aromatic amines is 3. The van der Waals surface area contributed by atoms with Crippen molar-refractivity contribution in [3.63, 3.8) is 0 Å². The van der Waals surface area contributed by atoms with Gasteiger partial charge in [0.15, 0.2) is 0 Å². The van der Waals surface area contributed by atoms with Crippen LogP contribution in [0.4, 0.5) is 5.69 Å². The highest BCUT2D eigenvalue weighted by Crippen LogP contribution is 2.35. The summed E-state index contributed by atoms with van der Waals surface area (Å²) in [7, 11) is 9.87. The van der Waals surface area contributed by atoms with Crippen molar-refractivity contribution in [1.82, 2.24) is 70.2 Å². The number of ether oxygens (including phenoxy) is 3. The van der Waals surface area contributed by atoms with Crippen LogP contribution in [0.2, 0.25) is 0 Å². The number of hydrogen-bond acceptors (Lipinski definition) is 14. The van der Waals surface area contributed by atoms with E-state index in [0.29, 0.717) is 82.3 Å². The summed E-state index contributed by atoms with van der Waals surface area (Å²) in [6.45, 7) is 10.2. The number of aromatic nitrogens is 9. The molecule has 12 aromatic rings. The molecule has 0 spiro atoms. The minimum atomic E-state index is -0.127. The van der Waals surface area contributed by atoms with Crippen LogP contribution in [-0.4, -0.2) is 177 Å². The van der Waals surface area contributed by atoms with Gasteiger partial charge in [-0.2, -0.15) is 0 Å². The topological polar surface area (TPSA) is 242 Å². The zero-order valence-corrected chi connectivity index (χ0v) is 57.1. The van der Waals surface area contributed by atoms with Gasteiger partial charge in [0.1, 0.15) is 28.9 Å². The first-order chi connectivity index (χ1) is 48.1. The summed E-state index contributed by atoms with van der Waals surface area (Å²) in [6, 6.07) is 56.0. The molecule has 3 amide bonds. The first kappa shape index (κ1) is 68.0. The standard InChI is InChI=1S/C52H57N9O5.C26H26N6O/c1-36-7-9-40(10-8-36)52(63)60(4)26-28-64-29-30-65-35-44-34-61(58-57-44)25-5-23-53-51(62)39-13-11-37(12-14-39)47-33-43-16-15-41(31-48(43)54-47)42-19-22-46-49(32-42)56-50(55-46)38-17-20-45(21-18-38)66-27-6-24-59(2)3;1-16-28-21-10-8-19(14-23(21)29-16)20-9-11-22-24(15-20)31-25(30-22)17-4-6-18(7-5-17)26(33)27-12-13-32(2)3/h7-22,31-32,34H,5-6,23-30,33,35H2,1-4H3,(H,53,62)(H,55,56);4-11,14-15H,12-13H2,1-3H3,(H,27,33)(H,28,29)(H,30,31). The highest BCUT2D eigenvalue weighted by atomic mass is 16.5. The van der Waals surface area contributed by atoms with Crippen molar-refractivity contribution in [2.24, 2.45) is 4.99 Å². The SMILES string of the molecule is Cc1ccc(C(=O)N(C)CCOCCOCc2cn(CCCNC(=O)c3ccc(C4=Nc5cc(-c6ccc7nc(-c8ccc(OCCCN(C)C)cc8)[nH]c7c6)ccc5C4)cc3)nn2)cc1.Cc1nc2ccc(-c3ccc4nc(-c5ccc(C(=O)NCCN(C)C)cc5)[nH]c4c3)cc2[nH]1. The van der Waals surface area contributed by atoms with Crippen LogP contribution in [0.25, 0.3) is 78.1 Å². The van der Waals surface area contributed by atoms with Gasteiger partial charge in [-0.25, -0.2) is 15.0 Å². The van der Waals surface area contributed by atoms with Crippen LogP contribution in [-0.2, 0) is 29.0 Å². The minimum absolute atomic E-state index is 0.0312. The normalized spacial score (nSPS) is 11.9. The second kappa shape index (κ2) is 31.9. The summed E-state index contributed by atoms with van der Waals surface area (Å²) in [4.78, 5) is 73.0. The third-order valence-corrected chi connectivity index (χ3v) is 17.1. The molecule has 13 rings (SSSR count). The number of amides is 3. The number of hydrogen-bond donors (Lipinski definition) is 5. The van der Waals surface area contributed by atoms with Gasteiger partial charge >= 0.3 is 0 Å². The van der Waals surface area contributed by atoms with Gasteiger partial charge in [-0.3, -0.25) is 24.1 Å². The van der Waals surface area contributed by atoms with Crippen molar-refractivity contribution in [3.05, 3.63) is 221 Å². The number of benzene rings is 8. The summed E-state index contributed by atoms with van der Waals surface area (Å²) in [6.07, 6.45) is 4.25. The molecule has 0 bridgehead atoms. The molecule has 1 aliphatic rings. The van der Waals surface area contributed by atoms with Crippen LogP contribution in [0.1, 0.15) is 72.1 Å². The molecule has 0 radical (unpaired) electrons. The van der Waals surface area contributed by atoms with Crippen LogP contribution < -0.4 is 15.4 Å². The lowest BCUT2D eigenvalue weighted by Gasteiger charge is -2.17. The van der Waals surface area contributed by atoms with Crippen molar-refractivity contribution in [1.29, 1.82) is 0 Å². The van der Waals surface area contributed by atoms with Crippen molar-refractivity contribution >= 4 is 62.2 Å². The summed E-state index contributed by atoms with van der Waals surface area (Å²) < 4.78 is 19.0. The molecule has 4 aromatic heterocycles. The molecular formula is C78H83N15O6. The summed E-state index contributed by atoms with van der Waals surface area (Å²) in [5.74, 6) is 3.14. The Bertz CT molecular complexity index is 4780. The molecule has 0 fully saturated rings. The fraction of sp³-hybridized carbons (Fsp3) is 0.269. The van der Waals surface area contributed by atoms with E-state index < -0.39 is 0 Å². The van der Waals surface area contributed by atoms with Crippen LogP contribution in [0.15, 0.2) is 181 Å². The molecule has 21 heteroatoms. The predicted octanol–water partition coefficient (Wildman–Crippen LogP) is 12.3. The lowest BCUT2D eigenvalue weighted by Crippen LogP contribution is -2.31. The quantitative estimate of drug-likeness (QED) is 0.0287. The fourth-order valence-electron chi connectivity index (χ4n) is 11.5. The molecule has 5 heterocycles. The Balaban J connectivity index is 0.000000235. The van der Waals surface area contributed by atoms with Gasteiger partial charge in [-0.15, -0.1) is 5.10 Å². The number of fused-ring (bicyclic) bond motifs is 4. The molecule has 0 unspecified atom stereocenters. The number of carbonyl (C=O) groups is 3. The first-order valence-electron chi connectivity index (χ1n) is 33.4. The lowest BCUT2D eigenvalue weighted by atomic mass is 9.99. The van der Waals surface area contributed by atoms with Crippen LogP contribution >= 0.6 is 0 Å². The van der Waals surface area contributed by atoms with Crippen LogP contribution in [0, 0.1) is 13.8 Å². The van der Waals surface area contributed by atoms with Gasteiger partial charge in [0, 0.05) is 80.6 Å². The summed E-state index contributed by atoms with van der Waals surface area (Å²) >= 11 is 0. The zero-order chi connectivity index (χ0) is 68.8. The van der Waals surface area contributed by atoms with Crippen molar-refractivity contribution in [2.75, 3.05) is 94.4 Å². The molecule has 21 nitrogen and oxygen atoms in total. The van der Waals surface area contributed by atoms with Crippen LogP contribution in [0.5, 0.6) is 5.75 Å². The number of nitrogens with one attached hydrogen (secondary N) is 5. The Hall–Kier alpha value is -11.0. The van der Waals surface area contributed by atoms with E-state index in [1.807, 2.05) is 148 Å². The second-order valence-electron chi connectivity index (χ2n) is 25.4. The van der Waals surface area contributed by atoms with E-state index in [4.69, 9.17) is 29.2 Å². The monoisotopic (exact) mass is 1330 g/mol. The number of rotatable bonds is 28. The smallest absolute Gasteiger partial charge is 0.253 e. The van der Waals surface area contributed by atoms with Crippen molar-refractivity contribution < 1.29 is 28.6 Å². The fourth-order valence-corrected chi connectivity index (χ4v) is 11.5. The maximum atomic E-state index is 13.0. The molecule has 5 N–H and O–H groups in total. The van der Waals surface area contributed by atoms with E-state index in [1.165, 1.54) is 5.56 Å². The molecule has 0 saturated carbocycles. The number of nitrogens with zero attached hydrogens (tertiary/aromatic N) is 10. The molecule has 0 atom stereocenters. The Labute approximate surface area is 575 Å². The molecular weight excluding hydrogens is 1240 g/mol. The van der Waals surface area contributed by atoms with Gasteiger partial charge in [0.2, 0.25) is 0 Å². The van der Waals surface area contributed by atoms with Crippen molar-refractivity contribution in [3.8, 4) is 50.8 Å². The molecule has 8 aromatic carbocycles. The number of aryl methyl sites for hydroxylation is 3. The number of imidazole rings is 3.